The summed E-state index contributed by atoms with van der Waals surface area (Å²) in [5.41, 5.74) is 5.89. The molecule has 0 fully saturated rings. The third kappa shape index (κ3) is 3.62. The highest BCUT2D eigenvalue weighted by Crippen LogP contribution is 2.44. The highest BCUT2D eigenvalue weighted by atomic mass is 35.5. The van der Waals surface area contributed by atoms with Crippen molar-refractivity contribution in [2.45, 2.75) is 12.3 Å². The average molecular weight is 429 g/mol. The van der Waals surface area contributed by atoms with Crippen LogP contribution in [0.4, 0.5) is 11.5 Å². The van der Waals surface area contributed by atoms with E-state index in [2.05, 4.69) is 22.3 Å². The molecule has 4 aromatic rings. The largest absolute Gasteiger partial charge is 0.275 e. The molecule has 1 unspecified atom stereocenters. The molecule has 0 radical (unpaired) electrons. The molecule has 1 aliphatic heterocycles. The summed E-state index contributed by atoms with van der Waals surface area (Å²) >= 11 is 6.07. The quantitative estimate of drug-likeness (QED) is 0.306. The summed E-state index contributed by atoms with van der Waals surface area (Å²) in [4.78, 5) is 15.4. The van der Waals surface area contributed by atoms with Crippen LogP contribution in [0.3, 0.4) is 0 Å². The Labute approximate surface area is 183 Å². The van der Waals surface area contributed by atoms with Gasteiger partial charge in [-0.15, -0.1) is 0 Å². The topological polar surface area (TPSA) is 84.2 Å². The smallest absolute Gasteiger partial charge is 0.269 e. The molecule has 1 atom stereocenters. The predicted molar refractivity (Wildman–Crippen MR) is 121 cm³/mol. The second kappa shape index (κ2) is 7.81. The molecule has 7 heteroatoms. The van der Waals surface area contributed by atoms with Gasteiger partial charge in [0.15, 0.2) is 5.82 Å². The third-order valence-corrected chi connectivity index (χ3v) is 5.77. The minimum atomic E-state index is -0.399. The van der Waals surface area contributed by atoms with Crippen molar-refractivity contribution in [3.8, 4) is 11.3 Å². The molecule has 152 valence electrons. The van der Waals surface area contributed by atoms with Gasteiger partial charge in [-0.25, -0.2) is 4.99 Å². The second-order valence-electron chi connectivity index (χ2n) is 7.37. The molecule has 0 saturated carbocycles. The lowest BCUT2D eigenvalue weighted by atomic mass is 9.82. The summed E-state index contributed by atoms with van der Waals surface area (Å²) in [5.74, 6) is 0.682. The minimum absolute atomic E-state index is 0.0447. The van der Waals surface area contributed by atoms with Crippen molar-refractivity contribution in [1.82, 2.24) is 10.2 Å². The zero-order valence-electron chi connectivity index (χ0n) is 16.3. The number of hydrogen-bond donors (Lipinski definition) is 1. The fourth-order valence-electron chi connectivity index (χ4n) is 3.99. The lowest BCUT2D eigenvalue weighted by Gasteiger charge is -2.24. The van der Waals surface area contributed by atoms with E-state index < -0.39 is 4.92 Å². The van der Waals surface area contributed by atoms with E-state index in [9.17, 15) is 10.1 Å². The number of benzene rings is 3. The molecular weight excluding hydrogens is 412 g/mol. The number of nitro benzene ring substituents is 1. The van der Waals surface area contributed by atoms with E-state index in [4.69, 9.17) is 16.6 Å². The van der Waals surface area contributed by atoms with Crippen LogP contribution in [-0.2, 0) is 0 Å². The van der Waals surface area contributed by atoms with Crippen molar-refractivity contribution in [3.63, 3.8) is 0 Å². The van der Waals surface area contributed by atoms with Crippen molar-refractivity contribution < 1.29 is 4.92 Å². The van der Waals surface area contributed by atoms with Crippen molar-refractivity contribution in [1.29, 1.82) is 0 Å². The number of hydrogen-bond acceptors (Lipinski definition) is 4. The zero-order valence-corrected chi connectivity index (χ0v) is 17.1. The highest BCUT2D eigenvalue weighted by molar-refractivity contribution is 6.30. The highest BCUT2D eigenvalue weighted by Gasteiger charge is 2.30. The van der Waals surface area contributed by atoms with Crippen LogP contribution in [-0.4, -0.2) is 20.8 Å². The Kier molecular flexibility index (Phi) is 4.84. The van der Waals surface area contributed by atoms with Gasteiger partial charge >= 0.3 is 0 Å². The molecule has 0 saturated heterocycles. The first-order valence-corrected chi connectivity index (χ1v) is 10.2. The second-order valence-corrected chi connectivity index (χ2v) is 7.81. The summed E-state index contributed by atoms with van der Waals surface area (Å²) in [6.07, 6.45) is 0.662. The summed E-state index contributed by atoms with van der Waals surface area (Å²) in [6.45, 7) is 0. The van der Waals surface area contributed by atoms with E-state index in [1.807, 2.05) is 42.5 Å². The number of aromatic amines is 1. The fraction of sp³-hybridized carbons (Fsp3) is 0.0833. The molecule has 1 aliphatic rings. The Bertz CT molecular complexity index is 1280. The van der Waals surface area contributed by atoms with E-state index in [0.29, 0.717) is 17.3 Å². The fourth-order valence-corrected chi connectivity index (χ4v) is 4.12. The van der Waals surface area contributed by atoms with Gasteiger partial charge in [0.25, 0.3) is 5.69 Å². The van der Waals surface area contributed by atoms with Gasteiger partial charge in [-0.3, -0.25) is 15.2 Å². The van der Waals surface area contributed by atoms with E-state index >= 15 is 0 Å². The number of nitro groups is 1. The number of fused-ring (bicyclic) bond motifs is 1. The molecule has 0 amide bonds. The molecule has 2 heterocycles. The number of nitrogens with one attached hydrogen (secondary N) is 1. The summed E-state index contributed by atoms with van der Waals surface area (Å²) in [6, 6.07) is 24.4. The van der Waals surface area contributed by atoms with Crippen molar-refractivity contribution in [2.75, 3.05) is 0 Å². The Morgan fingerprint density at radius 2 is 1.61 bits per heavy atom. The van der Waals surface area contributed by atoms with Crippen molar-refractivity contribution >= 4 is 28.8 Å². The van der Waals surface area contributed by atoms with E-state index in [0.717, 1.165) is 33.7 Å². The van der Waals surface area contributed by atoms with E-state index in [1.165, 1.54) is 12.1 Å². The maximum atomic E-state index is 11.0. The summed E-state index contributed by atoms with van der Waals surface area (Å²) < 4.78 is 0. The van der Waals surface area contributed by atoms with Crippen molar-refractivity contribution in [2.24, 2.45) is 4.99 Å². The van der Waals surface area contributed by atoms with Crippen LogP contribution >= 0.6 is 11.6 Å². The van der Waals surface area contributed by atoms with Gasteiger partial charge in [-0.1, -0.05) is 54.1 Å². The van der Waals surface area contributed by atoms with Gasteiger partial charge in [0.1, 0.15) is 0 Å². The molecular formula is C24H17ClN4O2. The number of aromatic nitrogens is 2. The summed E-state index contributed by atoms with van der Waals surface area (Å²) in [7, 11) is 0. The van der Waals surface area contributed by atoms with Crippen LogP contribution in [0, 0.1) is 10.1 Å². The Morgan fingerprint density at radius 3 is 2.29 bits per heavy atom. The maximum Gasteiger partial charge on any atom is 0.269 e. The SMILES string of the molecule is O=[N+]([O-])c1ccc(C2=Nc3n[nH]c(-c4ccc(Cl)cc4)c3C(c3ccccc3)C2)cc1. The number of halogens is 1. The third-order valence-electron chi connectivity index (χ3n) is 5.52. The first-order valence-electron chi connectivity index (χ1n) is 9.81. The van der Waals surface area contributed by atoms with Gasteiger partial charge in [-0.2, -0.15) is 5.10 Å². The van der Waals surface area contributed by atoms with Gasteiger partial charge in [0.2, 0.25) is 0 Å². The van der Waals surface area contributed by atoms with Crippen LogP contribution in [0.15, 0.2) is 83.9 Å². The van der Waals surface area contributed by atoms with Gasteiger partial charge in [0.05, 0.1) is 16.3 Å². The molecule has 6 nitrogen and oxygen atoms in total. The standard InChI is InChI=1S/C24H17ClN4O2/c25-18-10-6-17(7-11-18)23-22-20(15-4-2-1-3-5-15)14-21(26-24(22)28-27-23)16-8-12-19(13-9-16)29(30)31/h1-13,20H,14H2,(H,27,28). The van der Waals surface area contributed by atoms with Crippen molar-refractivity contribution in [3.05, 3.63) is 111 Å². The molecule has 31 heavy (non-hydrogen) atoms. The minimum Gasteiger partial charge on any atom is -0.275 e. The number of rotatable bonds is 4. The molecule has 3 aromatic carbocycles. The molecule has 0 bridgehead atoms. The van der Waals surface area contributed by atoms with E-state index in [-0.39, 0.29) is 11.6 Å². The first-order chi connectivity index (χ1) is 15.1. The van der Waals surface area contributed by atoms with Crippen LogP contribution in [0.2, 0.25) is 5.02 Å². The number of H-pyrrole nitrogens is 1. The lowest BCUT2D eigenvalue weighted by molar-refractivity contribution is -0.384. The number of non-ortho nitro benzene ring substituents is 1. The van der Waals surface area contributed by atoms with Crippen LogP contribution in [0.5, 0.6) is 0 Å². The Morgan fingerprint density at radius 1 is 0.935 bits per heavy atom. The van der Waals surface area contributed by atoms with Gasteiger partial charge in [0, 0.05) is 40.6 Å². The normalized spacial score (nSPS) is 15.3. The monoisotopic (exact) mass is 428 g/mol. The molecule has 1 N–H and O–H groups in total. The Balaban J connectivity index is 1.63. The summed E-state index contributed by atoms with van der Waals surface area (Å²) in [5, 5.41) is 19.3. The van der Waals surface area contributed by atoms with Gasteiger partial charge < -0.3 is 0 Å². The lowest BCUT2D eigenvalue weighted by Crippen LogP contribution is -2.14. The van der Waals surface area contributed by atoms with Crippen LogP contribution < -0.4 is 0 Å². The molecule has 0 spiro atoms. The molecule has 5 rings (SSSR count). The van der Waals surface area contributed by atoms with Crippen LogP contribution in [0.25, 0.3) is 11.3 Å². The average Bonchev–Trinajstić information content (AvgIpc) is 3.24. The molecule has 0 aliphatic carbocycles. The maximum absolute atomic E-state index is 11.0. The zero-order chi connectivity index (χ0) is 21.4. The van der Waals surface area contributed by atoms with Crippen LogP contribution in [0.1, 0.15) is 29.0 Å². The number of nitrogens with zero attached hydrogens (tertiary/aromatic N) is 3. The number of aliphatic imine (C=N–C) groups is 1. The Hall–Kier alpha value is -3.77. The van der Waals surface area contributed by atoms with E-state index in [1.54, 1.807) is 12.1 Å². The van der Waals surface area contributed by atoms with Gasteiger partial charge in [-0.05, 0) is 35.4 Å². The predicted octanol–water partition coefficient (Wildman–Crippen LogP) is 6.29. The first kappa shape index (κ1) is 19.2. The molecule has 1 aromatic heterocycles.